The maximum atomic E-state index is 2.65. The summed E-state index contributed by atoms with van der Waals surface area (Å²) in [5.41, 5.74) is 17.6. The molecule has 0 bridgehead atoms. The van der Waals surface area contributed by atoms with Gasteiger partial charge in [-0.3, -0.25) is 0 Å². The van der Waals surface area contributed by atoms with Gasteiger partial charge in [0, 0.05) is 58.8 Å². The Morgan fingerprint density at radius 1 is 0.683 bits per heavy atom. The molecule has 2 heterocycles. The lowest BCUT2D eigenvalue weighted by atomic mass is 9.78. The number of para-hydroxylation sites is 2. The van der Waals surface area contributed by atoms with Crippen LogP contribution in [0.2, 0.25) is 0 Å². The largest absolute Gasteiger partial charge is 0.344 e. The summed E-state index contributed by atoms with van der Waals surface area (Å²) < 4.78 is 2.63. The average Bonchev–Trinajstić information content (AvgIpc) is 3.84. The topological polar surface area (TPSA) is 9.49 Å². The summed E-state index contributed by atoms with van der Waals surface area (Å²) in [4.78, 5) is 5.16. The van der Waals surface area contributed by atoms with Gasteiger partial charge in [-0.2, -0.15) is 4.58 Å². The molecule has 0 atom stereocenters. The Hall–Kier alpha value is -5.67. The first kappa shape index (κ1) is 39.8. The number of anilines is 3. The molecule has 0 N–H and O–H groups in total. The van der Waals surface area contributed by atoms with Gasteiger partial charge in [0.05, 0.1) is 11.1 Å². The van der Waals surface area contributed by atoms with E-state index in [0.717, 1.165) is 58.0 Å². The van der Waals surface area contributed by atoms with E-state index in [1.54, 1.807) is 0 Å². The van der Waals surface area contributed by atoms with E-state index in [1.165, 1.54) is 90.4 Å². The third-order valence-electron chi connectivity index (χ3n) is 13.7. The van der Waals surface area contributed by atoms with Gasteiger partial charge < -0.3 is 9.80 Å². The Bertz CT molecular complexity index is 2570. The summed E-state index contributed by atoms with van der Waals surface area (Å²) >= 11 is 0. The van der Waals surface area contributed by atoms with Crippen molar-refractivity contribution >= 4 is 45.3 Å². The first-order valence-corrected chi connectivity index (χ1v) is 22.7. The van der Waals surface area contributed by atoms with E-state index in [4.69, 9.17) is 0 Å². The van der Waals surface area contributed by atoms with Gasteiger partial charge in [0.15, 0.2) is 5.71 Å². The van der Waals surface area contributed by atoms with Crippen molar-refractivity contribution in [3.8, 4) is 0 Å². The molecule has 0 radical (unpaired) electrons. The lowest BCUT2D eigenvalue weighted by molar-refractivity contribution is -0.438. The summed E-state index contributed by atoms with van der Waals surface area (Å²) in [6, 6.07) is 40.4. The van der Waals surface area contributed by atoms with Crippen molar-refractivity contribution in [1.82, 2.24) is 0 Å². The molecule has 2 aliphatic heterocycles. The molecule has 0 fully saturated rings. The number of aryl methyl sites for hydroxylation is 1. The first-order chi connectivity index (χ1) is 29.2. The molecule has 0 saturated carbocycles. The van der Waals surface area contributed by atoms with E-state index in [0.29, 0.717) is 0 Å². The van der Waals surface area contributed by atoms with Gasteiger partial charge in [0.1, 0.15) is 6.54 Å². The smallest absolute Gasteiger partial charge is 0.210 e. The molecule has 5 aromatic rings. The lowest BCUT2D eigenvalue weighted by Gasteiger charge is -2.29. The number of allylic oxidation sites excluding steroid dienone is 8. The fraction of sp³-hybridized carbons (Fsp3) is 0.316. The summed E-state index contributed by atoms with van der Waals surface area (Å²) in [7, 11) is 0. The molecule has 0 saturated heterocycles. The second-order valence-electron chi connectivity index (χ2n) is 18.3. The van der Waals surface area contributed by atoms with Crippen molar-refractivity contribution in [3.63, 3.8) is 0 Å². The zero-order chi connectivity index (χ0) is 41.4. The molecule has 0 aromatic heterocycles. The lowest BCUT2D eigenvalue weighted by Crippen LogP contribution is -2.28. The standard InChI is InChI=1S/C57H62N3/c1-7-9-39-58-49-35-31-41-21-17-19-27-47(41)53(49)56(3,4)51(58)37-33-43-29-30-44(55(43)60(45-23-13-11-14-24-45)46-25-15-12-16-26-46)34-38-52-57(5,6)54-48-28-20-18-22-42(48)32-36-50(54)59(52)40-10-8-2/h11-17,19-21,23-28,31-38H,7-10,18,22,29-30,39-40H2,1-6H3/q+1. The van der Waals surface area contributed by atoms with E-state index < -0.39 is 0 Å². The zero-order valence-corrected chi connectivity index (χ0v) is 36.8. The predicted octanol–water partition coefficient (Wildman–Crippen LogP) is 14.8. The fourth-order valence-corrected chi connectivity index (χ4v) is 10.7. The molecule has 5 aromatic carbocycles. The third kappa shape index (κ3) is 6.90. The molecule has 3 nitrogen and oxygen atoms in total. The van der Waals surface area contributed by atoms with E-state index in [9.17, 15) is 0 Å². The van der Waals surface area contributed by atoms with E-state index in [2.05, 4.69) is 202 Å². The van der Waals surface area contributed by atoms with Crippen LogP contribution in [0.1, 0.15) is 109 Å². The van der Waals surface area contributed by atoms with Crippen LogP contribution in [0.4, 0.5) is 22.7 Å². The highest BCUT2D eigenvalue weighted by atomic mass is 15.2. The molecule has 0 unspecified atom stereocenters. The highest BCUT2D eigenvalue weighted by Crippen LogP contribution is 2.52. The van der Waals surface area contributed by atoms with Crippen LogP contribution in [0.15, 0.2) is 162 Å². The van der Waals surface area contributed by atoms with Crippen LogP contribution >= 0.6 is 0 Å². The number of benzene rings is 5. The molecular formula is C57H62N3+. The minimum Gasteiger partial charge on any atom is -0.344 e. The number of hydrogen-bond acceptors (Lipinski definition) is 2. The molecule has 4 aliphatic rings. The number of unbranched alkanes of at least 4 members (excludes halogenated alkanes) is 2. The van der Waals surface area contributed by atoms with Crippen molar-refractivity contribution in [2.45, 2.75) is 104 Å². The van der Waals surface area contributed by atoms with Gasteiger partial charge in [-0.05, 0) is 127 Å². The van der Waals surface area contributed by atoms with Crippen LogP contribution < -0.4 is 9.80 Å². The highest BCUT2D eigenvalue weighted by molar-refractivity contribution is 6.08. The average molecular weight is 789 g/mol. The van der Waals surface area contributed by atoms with Gasteiger partial charge >= 0.3 is 0 Å². The minimum atomic E-state index is -0.152. The monoisotopic (exact) mass is 788 g/mol. The van der Waals surface area contributed by atoms with Gasteiger partial charge in [-0.25, -0.2) is 0 Å². The first-order valence-electron chi connectivity index (χ1n) is 22.7. The Balaban J connectivity index is 1.21. The zero-order valence-electron chi connectivity index (χ0n) is 36.8. The quantitative estimate of drug-likeness (QED) is 0.117. The molecule has 9 rings (SSSR count). The van der Waals surface area contributed by atoms with E-state index in [-0.39, 0.29) is 10.8 Å². The van der Waals surface area contributed by atoms with E-state index in [1.807, 2.05) is 0 Å². The van der Waals surface area contributed by atoms with Crippen LogP contribution in [0, 0.1) is 0 Å². The molecule has 0 amide bonds. The van der Waals surface area contributed by atoms with Crippen molar-refractivity contribution in [2.75, 3.05) is 22.9 Å². The minimum absolute atomic E-state index is 0.122. The van der Waals surface area contributed by atoms with Gasteiger partial charge in [0.2, 0.25) is 5.69 Å². The van der Waals surface area contributed by atoms with Crippen LogP contribution in [-0.2, 0) is 17.3 Å². The number of hydrogen-bond donors (Lipinski definition) is 0. The summed E-state index contributed by atoms with van der Waals surface area (Å²) in [6.45, 7) is 16.4. The Morgan fingerprint density at radius 3 is 2.13 bits per heavy atom. The summed E-state index contributed by atoms with van der Waals surface area (Å²) in [5, 5.41) is 2.68. The molecule has 3 heteroatoms. The third-order valence-corrected chi connectivity index (χ3v) is 13.7. The van der Waals surface area contributed by atoms with Crippen LogP contribution in [-0.4, -0.2) is 23.4 Å². The molecule has 2 aliphatic carbocycles. The van der Waals surface area contributed by atoms with E-state index >= 15 is 0 Å². The number of rotatable bonds is 12. The summed E-state index contributed by atoms with van der Waals surface area (Å²) in [5.74, 6) is 0. The van der Waals surface area contributed by atoms with Crippen molar-refractivity contribution in [2.24, 2.45) is 0 Å². The van der Waals surface area contributed by atoms with Crippen LogP contribution in [0.5, 0.6) is 0 Å². The van der Waals surface area contributed by atoms with Crippen molar-refractivity contribution in [3.05, 3.63) is 184 Å². The fourth-order valence-electron chi connectivity index (χ4n) is 10.7. The van der Waals surface area contributed by atoms with Gasteiger partial charge in [-0.15, -0.1) is 0 Å². The number of fused-ring (bicyclic) bond motifs is 6. The molecular weight excluding hydrogens is 727 g/mol. The molecule has 304 valence electrons. The van der Waals surface area contributed by atoms with Gasteiger partial charge in [0.25, 0.3) is 0 Å². The summed E-state index contributed by atoms with van der Waals surface area (Å²) in [6.07, 6.45) is 23.6. The van der Waals surface area contributed by atoms with Crippen LogP contribution in [0.25, 0.3) is 16.8 Å². The predicted molar refractivity (Wildman–Crippen MR) is 257 cm³/mol. The van der Waals surface area contributed by atoms with Crippen molar-refractivity contribution < 1.29 is 4.58 Å². The second-order valence-corrected chi connectivity index (χ2v) is 18.3. The molecule has 60 heavy (non-hydrogen) atoms. The number of nitrogens with zero attached hydrogens (tertiary/aromatic N) is 3. The van der Waals surface area contributed by atoms with Gasteiger partial charge in [-0.1, -0.05) is 132 Å². The highest BCUT2D eigenvalue weighted by Gasteiger charge is 2.46. The maximum absolute atomic E-state index is 2.65. The van der Waals surface area contributed by atoms with Crippen LogP contribution in [0.3, 0.4) is 0 Å². The molecule has 0 spiro atoms. The Labute approximate surface area is 359 Å². The second kappa shape index (κ2) is 16.4. The SMILES string of the molecule is CCCCN1/C(=C/C=C2\CCC(/C=C/C3=[N+](CCCC)c4ccc5ccccc5c4C3(C)C)=C2N(c2ccccc2)c2ccccc2)C(C)(C)c2c1ccc1c2C=CCC1. The Morgan fingerprint density at radius 2 is 1.40 bits per heavy atom. The maximum Gasteiger partial charge on any atom is 0.210 e. The Kier molecular flexibility index (Phi) is 10.9. The van der Waals surface area contributed by atoms with Crippen molar-refractivity contribution in [1.29, 1.82) is 0 Å². The normalized spacial score (nSPS) is 19.0.